The molecule has 0 unspecified atom stereocenters. The lowest BCUT2D eigenvalue weighted by Gasteiger charge is -2.16. The van der Waals surface area contributed by atoms with Crippen LogP contribution >= 0.6 is 0 Å². The summed E-state index contributed by atoms with van der Waals surface area (Å²) in [6.07, 6.45) is 2.61. The Morgan fingerprint density at radius 2 is 1.71 bits per heavy atom. The molecule has 150 valence electrons. The van der Waals surface area contributed by atoms with Crippen LogP contribution in [0.4, 0.5) is 0 Å². The third-order valence-electron chi connectivity index (χ3n) is 4.08. The summed E-state index contributed by atoms with van der Waals surface area (Å²) in [6, 6.07) is 11.6. The van der Waals surface area contributed by atoms with Crippen LogP contribution in [-0.4, -0.2) is 30.9 Å². The Morgan fingerprint density at radius 3 is 2.36 bits per heavy atom. The molecule has 2 aromatic carbocycles. The maximum absolute atomic E-state index is 10.7. The predicted octanol–water partition coefficient (Wildman–Crippen LogP) is 5.07. The van der Waals surface area contributed by atoms with Crippen molar-refractivity contribution in [3.05, 3.63) is 59.2 Å². The predicted molar refractivity (Wildman–Crippen MR) is 111 cm³/mol. The summed E-state index contributed by atoms with van der Waals surface area (Å²) in [7, 11) is 0. The van der Waals surface area contributed by atoms with Crippen LogP contribution in [0.2, 0.25) is 0 Å². The Kier molecular flexibility index (Phi) is 7.93. The molecule has 0 radical (unpaired) electrons. The van der Waals surface area contributed by atoms with Gasteiger partial charge in [0, 0.05) is 6.08 Å². The van der Waals surface area contributed by atoms with Crippen LogP contribution in [0.15, 0.2) is 42.5 Å². The largest absolute Gasteiger partial charge is 0.490 e. The van der Waals surface area contributed by atoms with Crippen molar-refractivity contribution in [2.45, 2.75) is 33.6 Å². The molecule has 1 N–H and O–H groups in total. The Morgan fingerprint density at radius 1 is 1.00 bits per heavy atom. The summed E-state index contributed by atoms with van der Waals surface area (Å²) >= 11 is 0. The molecular formula is C23H28O5. The van der Waals surface area contributed by atoms with Crippen LogP contribution in [0, 0.1) is 6.92 Å². The molecule has 0 aliphatic heterocycles. The van der Waals surface area contributed by atoms with Gasteiger partial charge in [0.1, 0.15) is 19.0 Å². The van der Waals surface area contributed by atoms with Crippen molar-refractivity contribution in [3.63, 3.8) is 0 Å². The molecule has 0 spiro atoms. The summed E-state index contributed by atoms with van der Waals surface area (Å²) < 4.78 is 17.4. The minimum Gasteiger partial charge on any atom is -0.490 e. The van der Waals surface area contributed by atoms with E-state index in [2.05, 4.69) is 26.0 Å². The first-order chi connectivity index (χ1) is 13.4. The molecule has 0 saturated heterocycles. The number of ether oxygens (including phenoxy) is 3. The highest BCUT2D eigenvalue weighted by molar-refractivity contribution is 5.85. The van der Waals surface area contributed by atoms with Gasteiger partial charge in [0.25, 0.3) is 0 Å². The summed E-state index contributed by atoms with van der Waals surface area (Å²) in [5.41, 5.74) is 3.06. The second-order valence-electron chi connectivity index (χ2n) is 6.70. The quantitative estimate of drug-likeness (QED) is 0.457. The topological polar surface area (TPSA) is 65.0 Å². The fourth-order valence-electron chi connectivity index (χ4n) is 2.73. The fourth-order valence-corrected chi connectivity index (χ4v) is 2.73. The third-order valence-corrected chi connectivity index (χ3v) is 4.08. The van der Waals surface area contributed by atoms with Crippen LogP contribution in [-0.2, 0) is 4.79 Å². The molecule has 0 aliphatic rings. The standard InChI is InChI=1S/C23H28O5/c1-5-26-22-15-18(8-11-23(24)25)7-10-20(22)27-12-13-28-21-14-17(4)6-9-19(21)16(2)3/h6-11,14-16H,5,12-13H2,1-4H3,(H,24,25). The molecule has 2 aromatic rings. The number of carboxylic acid groups (broad SMARTS) is 1. The first-order valence-corrected chi connectivity index (χ1v) is 9.44. The molecule has 0 amide bonds. The normalized spacial score (nSPS) is 11.0. The lowest BCUT2D eigenvalue weighted by molar-refractivity contribution is -0.131. The van der Waals surface area contributed by atoms with Gasteiger partial charge in [-0.2, -0.15) is 0 Å². The number of hydrogen-bond acceptors (Lipinski definition) is 4. The zero-order chi connectivity index (χ0) is 20.5. The summed E-state index contributed by atoms with van der Waals surface area (Å²) in [5.74, 6) is 1.46. The third kappa shape index (κ3) is 6.34. The highest BCUT2D eigenvalue weighted by Gasteiger charge is 2.09. The molecule has 0 saturated carbocycles. The summed E-state index contributed by atoms with van der Waals surface area (Å²) in [5, 5.41) is 8.75. The van der Waals surface area contributed by atoms with Crippen molar-refractivity contribution in [1.29, 1.82) is 0 Å². The monoisotopic (exact) mass is 384 g/mol. The van der Waals surface area contributed by atoms with Crippen molar-refractivity contribution >= 4 is 12.0 Å². The lowest BCUT2D eigenvalue weighted by atomic mass is 10.0. The van der Waals surface area contributed by atoms with Gasteiger partial charge in [-0.15, -0.1) is 0 Å². The van der Waals surface area contributed by atoms with Gasteiger partial charge in [-0.25, -0.2) is 4.79 Å². The molecule has 0 fully saturated rings. The molecule has 0 heterocycles. The van der Waals surface area contributed by atoms with Crippen LogP contribution in [0.3, 0.4) is 0 Å². The van der Waals surface area contributed by atoms with E-state index in [1.807, 2.05) is 19.9 Å². The second-order valence-corrected chi connectivity index (χ2v) is 6.70. The van der Waals surface area contributed by atoms with Gasteiger partial charge >= 0.3 is 5.97 Å². The van der Waals surface area contributed by atoms with Crippen LogP contribution < -0.4 is 14.2 Å². The number of carboxylic acids is 1. The van der Waals surface area contributed by atoms with E-state index < -0.39 is 5.97 Å². The molecule has 0 aromatic heterocycles. The van der Waals surface area contributed by atoms with Gasteiger partial charge in [0.05, 0.1) is 6.61 Å². The zero-order valence-corrected chi connectivity index (χ0v) is 16.9. The number of aliphatic carboxylic acids is 1. The number of carbonyl (C=O) groups is 1. The molecule has 28 heavy (non-hydrogen) atoms. The van der Waals surface area contributed by atoms with Gasteiger partial charge in [0.15, 0.2) is 11.5 Å². The summed E-state index contributed by atoms with van der Waals surface area (Å²) in [6.45, 7) is 9.48. The van der Waals surface area contributed by atoms with E-state index in [0.29, 0.717) is 37.2 Å². The zero-order valence-electron chi connectivity index (χ0n) is 16.9. The number of hydrogen-bond donors (Lipinski definition) is 1. The van der Waals surface area contributed by atoms with Crippen molar-refractivity contribution < 1.29 is 24.1 Å². The van der Waals surface area contributed by atoms with E-state index in [1.165, 1.54) is 11.6 Å². The number of benzene rings is 2. The van der Waals surface area contributed by atoms with E-state index >= 15 is 0 Å². The second kappa shape index (κ2) is 10.4. The van der Waals surface area contributed by atoms with Gasteiger partial charge < -0.3 is 19.3 Å². The average molecular weight is 384 g/mol. The van der Waals surface area contributed by atoms with Gasteiger partial charge in [-0.1, -0.05) is 32.0 Å². The highest BCUT2D eigenvalue weighted by Crippen LogP contribution is 2.30. The van der Waals surface area contributed by atoms with E-state index in [-0.39, 0.29) is 0 Å². The van der Waals surface area contributed by atoms with E-state index in [4.69, 9.17) is 19.3 Å². The minimum absolute atomic E-state index is 0.371. The maximum Gasteiger partial charge on any atom is 0.328 e. The SMILES string of the molecule is CCOc1cc(C=CC(=O)O)ccc1OCCOc1cc(C)ccc1C(C)C. The Bertz CT molecular complexity index is 824. The smallest absolute Gasteiger partial charge is 0.328 e. The average Bonchev–Trinajstić information content (AvgIpc) is 2.64. The molecule has 0 atom stereocenters. The highest BCUT2D eigenvalue weighted by atomic mass is 16.5. The van der Waals surface area contributed by atoms with Crippen LogP contribution in [0.25, 0.3) is 6.08 Å². The Balaban J connectivity index is 2.01. The Labute approximate surface area is 166 Å². The molecule has 2 rings (SSSR count). The van der Waals surface area contributed by atoms with Crippen molar-refractivity contribution in [3.8, 4) is 17.2 Å². The van der Waals surface area contributed by atoms with Gasteiger partial charge in [-0.05, 0) is 60.7 Å². The first-order valence-electron chi connectivity index (χ1n) is 9.44. The first kappa shape index (κ1) is 21.4. The van der Waals surface area contributed by atoms with Crippen LogP contribution in [0.1, 0.15) is 43.4 Å². The van der Waals surface area contributed by atoms with E-state index in [9.17, 15) is 4.79 Å². The molecule has 0 aliphatic carbocycles. The molecular weight excluding hydrogens is 356 g/mol. The maximum atomic E-state index is 10.7. The number of aryl methyl sites for hydroxylation is 1. The van der Waals surface area contributed by atoms with Gasteiger partial charge in [0.2, 0.25) is 0 Å². The lowest BCUT2D eigenvalue weighted by Crippen LogP contribution is -2.11. The minimum atomic E-state index is -0.993. The van der Waals surface area contributed by atoms with E-state index in [1.54, 1.807) is 18.2 Å². The fraction of sp³-hybridized carbons (Fsp3) is 0.348. The van der Waals surface area contributed by atoms with Crippen LogP contribution in [0.5, 0.6) is 17.2 Å². The van der Waals surface area contributed by atoms with Crippen molar-refractivity contribution in [1.82, 2.24) is 0 Å². The molecule has 0 bridgehead atoms. The molecule has 5 nitrogen and oxygen atoms in total. The molecule has 5 heteroatoms. The number of rotatable bonds is 10. The Hall–Kier alpha value is -2.95. The van der Waals surface area contributed by atoms with Crippen molar-refractivity contribution in [2.24, 2.45) is 0 Å². The summed E-state index contributed by atoms with van der Waals surface area (Å²) in [4.78, 5) is 10.7. The van der Waals surface area contributed by atoms with Gasteiger partial charge in [-0.3, -0.25) is 0 Å². The van der Waals surface area contributed by atoms with Crippen molar-refractivity contribution in [2.75, 3.05) is 19.8 Å². The van der Waals surface area contributed by atoms with E-state index in [0.717, 1.165) is 23.0 Å².